The summed E-state index contributed by atoms with van der Waals surface area (Å²) < 4.78 is 0.922. The summed E-state index contributed by atoms with van der Waals surface area (Å²) in [4.78, 5) is 24.9. The van der Waals surface area contributed by atoms with E-state index >= 15 is 0 Å². The normalized spacial score (nSPS) is 30.8. The van der Waals surface area contributed by atoms with E-state index in [4.69, 9.17) is 5.73 Å². The van der Waals surface area contributed by atoms with Crippen LogP contribution in [-0.4, -0.2) is 64.6 Å². The van der Waals surface area contributed by atoms with Crippen LogP contribution >= 0.6 is 11.8 Å². The summed E-state index contributed by atoms with van der Waals surface area (Å²) in [6.45, 7) is 6.03. The van der Waals surface area contributed by atoms with E-state index in [9.17, 15) is 14.7 Å². The number of nitrogens with zero attached hydrogens (tertiary/aromatic N) is 2. The van der Waals surface area contributed by atoms with Crippen LogP contribution in [0.1, 0.15) is 26.2 Å². The Kier molecular flexibility index (Phi) is 4.22. The molecule has 7 heteroatoms. The number of aliphatic carboxylic acids is 1. The molecule has 6 nitrogen and oxygen atoms in total. The fraction of sp³-hybridized carbons (Fsp3) is 0.733. The molecule has 22 heavy (non-hydrogen) atoms. The zero-order valence-electron chi connectivity index (χ0n) is 12.9. The van der Waals surface area contributed by atoms with Crippen molar-refractivity contribution in [3.63, 3.8) is 0 Å². The third-order valence-corrected chi connectivity index (χ3v) is 6.60. The molecule has 0 saturated carbocycles. The molecule has 0 aliphatic carbocycles. The van der Waals surface area contributed by atoms with Gasteiger partial charge >= 0.3 is 0 Å². The van der Waals surface area contributed by atoms with Crippen LogP contribution in [0.25, 0.3) is 0 Å². The van der Waals surface area contributed by atoms with Crippen LogP contribution in [-0.2, 0) is 9.59 Å². The summed E-state index contributed by atoms with van der Waals surface area (Å²) in [6.07, 6.45) is 3.62. The summed E-state index contributed by atoms with van der Waals surface area (Å²) in [5.74, 6) is -0.909. The molecule has 0 aromatic heterocycles. The number of carboxylic acid groups (broad SMARTS) is 1. The van der Waals surface area contributed by atoms with E-state index in [1.165, 1.54) is 24.2 Å². The lowest BCUT2D eigenvalue weighted by Gasteiger charge is -2.50. The van der Waals surface area contributed by atoms with Crippen LogP contribution in [0.2, 0.25) is 0 Å². The highest BCUT2D eigenvalue weighted by Crippen LogP contribution is 2.40. The Morgan fingerprint density at radius 1 is 1.41 bits per heavy atom. The number of hydrogen-bond donors (Lipinski definition) is 1. The van der Waals surface area contributed by atoms with Crippen LogP contribution in [0.4, 0.5) is 0 Å². The minimum Gasteiger partial charge on any atom is -0.543 e. The monoisotopic (exact) mass is 325 g/mol. The van der Waals surface area contributed by atoms with Crippen molar-refractivity contribution >= 4 is 23.6 Å². The summed E-state index contributed by atoms with van der Waals surface area (Å²) in [6, 6.07) is -0.579. The maximum absolute atomic E-state index is 12.0. The van der Waals surface area contributed by atoms with Gasteiger partial charge in [0.25, 0.3) is 0 Å². The minimum atomic E-state index is -1.24. The van der Waals surface area contributed by atoms with E-state index in [1.54, 1.807) is 11.8 Å². The van der Waals surface area contributed by atoms with E-state index in [0.717, 1.165) is 29.7 Å². The molecule has 2 fully saturated rings. The van der Waals surface area contributed by atoms with E-state index in [2.05, 4.69) is 6.92 Å². The Morgan fingerprint density at radius 2 is 2.09 bits per heavy atom. The number of carbonyl (C=O) groups excluding carboxylic acids is 2. The molecule has 3 rings (SSSR count). The quantitative estimate of drug-likeness (QED) is 0.543. The molecule has 3 aliphatic heterocycles. The van der Waals surface area contributed by atoms with Crippen molar-refractivity contribution in [3.05, 3.63) is 11.3 Å². The number of nitrogens with two attached hydrogens (primary N) is 1. The minimum absolute atomic E-state index is 0.0898. The number of piperidine rings is 1. The molecule has 0 spiro atoms. The first kappa shape index (κ1) is 15.8. The lowest BCUT2D eigenvalue weighted by atomic mass is 10.0. The molecule has 3 aliphatic rings. The summed E-state index contributed by atoms with van der Waals surface area (Å²) in [7, 11) is 0. The number of hydrogen-bond acceptors (Lipinski definition) is 5. The van der Waals surface area contributed by atoms with E-state index < -0.39 is 12.0 Å². The standard InChI is InChI=1S/C15H23N3O3S/c1-2-18(6-4-3-5-7-18)8-10-9-22-14-11(16)13(19)17(14)12(10)15(20)21/h11,14H,2-9,16H2,1H3. The second-order valence-corrected chi connectivity index (χ2v) is 7.60. The molecule has 0 aromatic carbocycles. The number of quaternary nitrogens is 1. The zero-order chi connectivity index (χ0) is 15.9. The number of thioether (sulfide) groups is 1. The maximum atomic E-state index is 12.0. The molecule has 122 valence electrons. The van der Waals surface area contributed by atoms with Gasteiger partial charge in [-0.15, -0.1) is 11.8 Å². The largest absolute Gasteiger partial charge is 0.543 e. The van der Waals surface area contributed by atoms with Crippen molar-refractivity contribution in [2.45, 2.75) is 37.6 Å². The fourth-order valence-electron chi connectivity index (χ4n) is 3.86. The molecule has 0 aromatic rings. The number of β-lactam (4-membered cyclic amide) rings is 1. The molecular formula is C15H23N3O3S. The number of carbonyl (C=O) groups is 2. The number of carboxylic acids is 1. The summed E-state index contributed by atoms with van der Waals surface area (Å²) >= 11 is 1.57. The molecule has 2 unspecified atom stereocenters. The van der Waals surface area contributed by atoms with E-state index in [0.29, 0.717) is 12.3 Å². The summed E-state index contributed by atoms with van der Waals surface area (Å²) in [5.41, 5.74) is 6.70. The first-order valence-electron chi connectivity index (χ1n) is 7.98. The highest BCUT2D eigenvalue weighted by Gasteiger charge is 2.51. The molecule has 2 N–H and O–H groups in total. The Hall–Kier alpha value is -1.05. The lowest BCUT2D eigenvalue weighted by molar-refractivity contribution is -0.926. The Morgan fingerprint density at radius 3 is 2.68 bits per heavy atom. The molecule has 0 radical (unpaired) electrons. The van der Waals surface area contributed by atoms with Gasteiger partial charge in [-0.1, -0.05) is 0 Å². The molecule has 2 atom stereocenters. The van der Waals surface area contributed by atoms with Crippen molar-refractivity contribution in [2.24, 2.45) is 5.73 Å². The number of likely N-dealkylation sites (tertiary alicyclic amines) is 1. The van der Waals surface area contributed by atoms with Crippen molar-refractivity contribution in [3.8, 4) is 0 Å². The van der Waals surface area contributed by atoms with Gasteiger partial charge in [0, 0.05) is 11.3 Å². The van der Waals surface area contributed by atoms with Crippen LogP contribution < -0.4 is 10.8 Å². The predicted molar refractivity (Wildman–Crippen MR) is 82.4 cm³/mol. The van der Waals surface area contributed by atoms with Gasteiger partial charge in [0.15, 0.2) is 0 Å². The van der Waals surface area contributed by atoms with Crippen molar-refractivity contribution < 1.29 is 19.2 Å². The van der Waals surface area contributed by atoms with Gasteiger partial charge in [-0.3, -0.25) is 9.69 Å². The fourth-order valence-corrected chi connectivity index (χ4v) is 5.15. The number of rotatable bonds is 4. The van der Waals surface area contributed by atoms with Gasteiger partial charge in [0.05, 0.1) is 31.3 Å². The topological polar surface area (TPSA) is 86.5 Å². The molecule has 3 heterocycles. The average Bonchev–Trinajstić information content (AvgIpc) is 2.54. The summed E-state index contributed by atoms with van der Waals surface area (Å²) in [5, 5.41) is 11.4. The molecular weight excluding hydrogens is 302 g/mol. The lowest BCUT2D eigenvalue weighted by Crippen LogP contribution is -2.69. The van der Waals surface area contributed by atoms with Crippen LogP contribution in [0.5, 0.6) is 0 Å². The number of amides is 1. The maximum Gasteiger partial charge on any atom is 0.248 e. The Bertz CT molecular complexity index is 528. The van der Waals surface area contributed by atoms with Gasteiger partial charge in [-0.2, -0.15) is 0 Å². The zero-order valence-corrected chi connectivity index (χ0v) is 13.7. The third kappa shape index (κ3) is 2.45. The average molecular weight is 325 g/mol. The van der Waals surface area contributed by atoms with Crippen LogP contribution in [0, 0.1) is 0 Å². The molecule has 0 bridgehead atoms. The number of fused-ring (bicyclic) bond motifs is 1. The van der Waals surface area contributed by atoms with Gasteiger partial charge in [0.1, 0.15) is 18.0 Å². The highest BCUT2D eigenvalue weighted by molar-refractivity contribution is 8.00. The SMILES string of the molecule is CC[N+]1(CC2=C(C(=O)[O-])N3C(=O)C(N)C3SC2)CCCCC1. The Labute approximate surface area is 134 Å². The van der Waals surface area contributed by atoms with E-state index in [-0.39, 0.29) is 17.0 Å². The first-order chi connectivity index (χ1) is 10.5. The third-order valence-electron chi connectivity index (χ3n) is 5.24. The second-order valence-electron chi connectivity index (χ2n) is 6.50. The van der Waals surface area contributed by atoms with Crippen molar-refractivity contribution in [2.75, 3.05) is 31.9 Å². The van der Waals surface area contributed by atoms with Crippen LogP contribution in [0.15, 0.2) is 11.3 Å². The Balaban J connectivity index is 1.89. The first-order valence-corrected chi connectivity index (χ1v) is 9.03. The van der Waals surface area contributed by atoms with Gasteiger partial charge in [-0.05, 0) is 26.2 Å². The van der Waals surface area contributed by atoms with Crippen molar-refractivity contribution in [1.29, 1.82) is 0 Å². The van der Waals surface area contributed by atoms with Gasteiger partial charge in [0.2, 0.25) is 5.91 Å². The van der Waals surface area contributed by atoms with Crippen LogP contribution in [0.3, 0.4) is 0 Å². The predicted octanol–water partition coefficient (Wildman–Crippen LogP) is -0.747. The van der Waals surface area contributed by atoms with Gasteiger partial charge in [-0.25, -0.2) is 0 Å². The van der Waals surface area contributed by atoms with Gasteiger partial charge < -0.3 is 20.1 Å². The number of likely N-dealkylation sites (N-methyl/N-ethyl adjacent to an activating group) is 1. The van der Waals surface area contributed by atoms with Crippen molar-refractivity contribution in [1.82, 2.24) is 4.90 Å². The highest BCUT2D eigenvalue weighted by atomic mass is 32.2. The molecule has 1 amide bonds. The second kappa shape index (κ2) is 5.86. The van der Waals surface area contributed by atoms with E-state index in [1.807, 2.05) is 0 Å². The smallest absolute Gasteiger partial charge is 0.248 e. The molecule has 2 saturated heterocycles.